The summed E-state index contributed by atoms with van der Waals surface area (Å²) in [5, 5.41) is 15.7. The maximum atomic E-state index is 13.1. The lowest BCUT2D eigenvalue weighted by molar-refractivity contribution is -0.384. The van der Waals surface area contributed by atoms with Gasteiger partial charge in [0.2, 0.25) is 0 Å². The zero-order valence-corrected chi connectivity index (χ0v) is 18.8. The van der Waals surface area contributed by atoms with E-state index in [0.717, 1.165) is 6.07 Å². The van der Waals surface area contributed by atoms with Crippen molar-refractivity contribution in [1.29, 1.82) is 0 Å². The number of urea groups is 1. The predicted molar refractivity (Wildman–Crippen MR) is 129 cm³/mol. The topological polar surface area (TPSA) is 148 Å². The summed E-state index contributed by atoms with van der Waals surface area (Å²) < 4.78 is 18.6. The molecule has 2 N–H and O–H groups in total. The number of halogens is 1. The van der Waals surface area contributed by atoms with Gasteiger partial charge < -0.3 is 10.1 Å². The van der Waals surface area contributed by atoms with Crippen molar-refractivity contribution in [2.45, 2.75) is 0 Å². The van der Waals surface area contributed by atoms with Gasteiger partial charge in [-0.25, -0.2) is 14.1 Å². The van der Waals surface area contributed by atoms with E-state index in [1.165, 1.54) is 60.7 Å². The summed E-state index contributed by atoms with van der Waals surface area (Å²) in [6.07, 6.45) is 1.18. The van der Waals surface area contributed by atoms with Gasteiger partial charge in [-0.05, 0) is 42.5 Å². The van der Waals surface area contributed by atoms with Gasteiger partial charge in [0.15, 0.2) is 6.61 Å². The molecule has 1 heterocycles. The maximum absolute atomic E-state index is 13.1. The fourth-order valence-electron chi connectivity index (χ4n) is 3.40. The predicted octanol–water partition coefficient (Wildman–Crippen LogP) is 3.42. The lowest BCUT2D eigenvalue weighted by Crippen LogP contribution is -2.54. The summed E-state index contributed by atoms with van der Waals surface area (Å²) in [6, 6.07) is 15.2. The van der Waals surface area contributed by atoms with E-state index in [1.807, 2.05) is 5.32 Å². The van der Waals surface area contributed by atoms with Gasteiger partial charge in [0.05, 0.1) is 10.6 Å². The molecule has 11 nitrogen and oxygen atoms in total. The Balaban J connectivity index is 1.56. The molecular formula is C25H17FN4O7. The Morgan fingerprint density at radius 3 is 2.51 bits per heavy atom. The number of nitro benzene ring substituents is 1. The average Bonchev–Trinajstić information content (AvgIpc) is 2.87. The minimum Gasteiger partial charge on any atom is -0.483 e. The van der Waals surface area contributed by atoms with Gasteiger partial charge in [0.1, 0.15) is 17.1 Å². The Morgan fingerprint density at radius 2 is 1.78 bits per heavy atom. The molecule has 0 unspecified atom stereocenters. The third-order valence-electron chi connectivity index (χ3n) is 5.11. The first-order chi connectivity index (χ1) is 17.7. The maximum Gasteiger partial charge on any atom is 0.335 e. The molecule has 0 radical (unpaired) electrons. The molecule has 0 atom stereocenters. The number of hydrogen-bond acceptors (Lipinski definition) is 7. The van der Waals surface area contributed by atoms with Crippen molar-refractivity contribution in [3.8, 4) is 5.75 Å². The fraction of sp³-hybridized carbons (Fsp3) is 0.0400. The number of nitrogens with zero attached hydrogens (tertiary/aromatic N) is 2. The monoisotopic (exact) mass is 504 g/mol. The van der Waals surface area contributed by atoms with E-state index in [0.29, 0.717) is 10.6 Å². The summed E-state index contributed by atoms with van der Waals surface area (Å²) in [5.41, 5.74) is -0.266. The molecule has 3 aromatic carbocycles. The number of nitrogens with one attached hydrogen (secondary N) is 2. The van der Waals surface area contributed by atoms with Gasteiger partial charge in [0.25, 0.3) is 23.4 Å². The lowest BCUT2D eigenvalue weighted by atomic mass is 10.1. The minimum absolute atomic E-state index is 0.0999. The molecule has 0 spiro atoms. The molecule has 37 heavy (non-hydrogen) atoms. The second-order valence-electron chi connectivity index (χ2n) is 7.62. The van der Waals surface area contributed by atoms with Gasteiger partial charge in [-0.15, -0.1) is 0 Å². The van der Waals surface area contributed by atoms with E-state index in [4.69, 9.17) is 4.74 Å². The molecule has 12 heteroatoms. The van der Waals surface area contributed by atoms with E-state index >= 15 is 0 Å². The Bertz CT molecular complexity index is 1450. The van der Waals surface area contributed by atoms with Crippen molar-refractivity contribution in [1.82, 2.24) is 5.32 Å². The number of barbiturate groups is 1. The highest BCUT2D eigenvalue weighted by Crippen LogP contribution is 2.27. The molecule has 0 bridgehead atoms. The Labute approximate surface area is 208 Å². The number of carbonyl (C=O) groups excluding carboxylic acids is 4. The summed E-state index contributed by atoms with van der Waals surface area (Å²) in [7, 11) is 0. The highest BCUT2D eigenvalue weighted by molar-refractivity contribution is 6.39. The van der Waals surface area contributed by atoms with Crippen molar-refractivity contribution in [3.63, 3.8) is 0 Å². The molecule has 186 valence electrons. The minimum atomic E-state index is -1.06. The number of hydrogen-bond donors (Lipinski definition) is 2. The second kappa shape index (κ2) is 10.5. The van der Waals surface area contributed by atoms with Crippen LogP contribution in [0.5, 0.6) is 5.75 Å². The summed E-state index contributed by atoms with van der Waals surface area (Å²) in [6.45, 7) is -0.435. The Kier molecular flexibility index (Phi) is 7.00. The summed E-state index contributed by atoms with van der Waals surface area (Å²) >= 11 is 0. The lowest BCUT2D eigenvalue weighted by Gasteiger charge is -2.26. The van der Waals surface area contributed by atoms with Crippen molar-refractivity contribution in [3.05, 3.63) is 99.9 Å². The van der Waals surface area contributed by atoms with Gasteiger partial charge >= 0.3 is 6.03 Å². The van der Waals surface area contributed by atoms with E-state index in [9.17, 15) is 33.7 Å². The number of anilines is 2. The molecule has 5 amide bonds. The van der Waals surface area contributed by atoms with Gasteiger partial charge in [-0.3, -0.25) is 29.8 Å². The third-order valence-corrected chi connectivity index (χ3v) is 5.11. The van der Waals surface area contributed by atoms with Crippen molar-refractivity contribution < 1.29 is 33.2 Å². The number of rotatable bonds is 7. The second-order valence-corrected chi connectivity index (χ2v) is 7.62. The molecule has 0 aliphatic carbocycles. The smallest absolute Gasteiger partial charge is 0.335 e. The number of para-hydroxylation sites is 1. The van der Waals surface area contributed by atoms with Crippen LogP contribution in [0.1, 0.15) is 5.56 Å². The number of benzene rings is 3. The molecule has 3 aromatic rings. The van der Waals surface area contributed by atoms with Crippen LogP contribution < -0.4 is 20.3 Å². The Morgan fingerprint density at radius 1 is 1.05 bits per heavy atom. The van der Waals surface area contributed by atoms with Crippen LogP contribution in [0.15, 0.2) is 78.4 Å². The first-order valence-corrected chi connectivity index (χ1v) is 10.7. The van der Waals surface area contributed by atoms with E-state index < -0.39 is 46.7 Å². The van der Waals surface area contributed by atoms with Crippen LogP contribution in [0.4, 0.5) is 26.2 Å². The molecular weight excluding hydrogens is 487 g/mol. The Hall–Kier alpha value is -5.39. The zero-order valence-electron chi connectivity index (χ0n) is 18.8. The van der Waals surface area contributed by atoms with E-state index in [-0.39, 0.29) is 22.7 Å². The largest absolute Gasteiger partial charge is 0.483 e. The molecule has 1 aliphatic heterocycles. The van der Waals surface area contributed by atoms with Crippen LogP contribution in [0.3, 0.4) is 0 Å². The first-order valence-electron chi connectivity index (χ1n) is 10.7. The number of amides is 5. The third kappa shape index (κ3) is 5.65. The number of ether oxygens (including phenoxy) is 1. The van der Waals surface area contributed by atoms with Crippen LogP contribution in [-0.4, -0.2) is 35.3 Å². The quantitative estimate of drug-likeness (QED) is 0.217. The first kappa shape index (κ1) is 24.7. The molecule has 0 saturated carbocycles. The SMILES string of the molecule is O=C(COc1ccccc1/C=C1/C(=O)NC(=O)N(c2cccc([N+](=O)[O-])c2)C1=O)Nc1ccc(F)cc1. The zero-order chi connectivity index (χ0) is 26.5. The number of imide groups is 2. The van der Waals surface area contributed by atoms with Crippen LogP contribution in [0, 0.1) is 15.9 Å². The van der Waals surface area contributed by atoms with E-state index in [2.05, 4.69) is 5.32 Å². The number of carbonyl (C=O) groups is 4. The van der Waals surface area contributed by atoms with Crippen molar-refractivity contribution in [2.24, 2.45) is 0 Å². The van der Waals surface area contributed by atoms with Crippen LogP contribution in [0.25, 0.3) is 6.08 Å². The van der Waals surface area contributed by atoms with Gasteiger partial charge in [-0.2, -0.15) is 0 Å². The van der Waals surface area contributed by atoms with Gasteiger partial charge in [-0.1, -0.05) is 24.3 Å². The highest BCUT2D eigenvalue weighted by atomic mass is 19.1. The molecule has 1 saturated heterocycles. The highest BCUT2D eigenvalue weighted by Gasteiger charge is 2.37. The summed E-state index contributed by atoms with van der Waals surface area (Å²) in [5.74, 6) is -2.81. The summed E-state index contributed by atoms with van der Waals surface area (Å²) in [4.78, 5) is 61.3. The van der Waals surface area contributed by atoms with Crippen LogP contribution >= 0.6 is 0 Å². The van der Waals surface area contributed by atoms with Gasteiger partial charge in [0, 0.05) is 23.4 Å². The average molecular weight is 504 g/mol. The van der Waals surface area contributed by atoms with Crippen molar-refractivity contribution in [2.75, 3.05) is 16.8 Å². The molecule has 1 aliphatic rings. The number of non-ortho nitro benzene ring substituents is 1. The standard InChI is InChI=1S/C25H17FN4O7/c26-16-8-10-17(11-9-16)27-22(31)14-37-21-7-2-1-4-15(21)12-20-23(32)28-25(34)29(24(20)33)18-5-3-6-19(13-18)30(35)36/h1-13H,14H2,(H,27,31)(H,28,32,34)/b20-12-. The normalized spacial score (nSPS) is 14.4. The number of nitro groups is 1. The van der Waals surface area contributed by atoms with Crippen LogP contribution in [0.2, 0.25) is 0 Å². The molecule has 0 aromatic heterocycles. The van der Waals surface area contributed by atoms with E-state index in [1.54, 1.807) is 12.1 Å². The van der Waals surface area contributed by atoms with Crippen molar-refractivity contribution >= 4 is 46.9 Å². The molecule has 1 fully saturated rings. The van der Waals surface area contributed by atoms with Crippen LogP contribution in [-0.2, 0) is 14.4 Å². The molecule has 4 rings (SSSR count). The fourth-order valence-corrected chi connectivity index (χ4v) is 3.40.